The van der Waals surface area contributed by atoms with Gasteiger partial charge in [0.15, 0.2) is 5.13 Å². The van der Waals surface area contributed by atoms with Crippen molar-refractivity contribution in [1.29, 1.82) is 0 Å². The monoisotopic (exact) mass is 391 g/mol. The number of aromatic nitrogens is 2. The first-order chi connectivity index (χ1) is 13.5. The number of para-hydroxylation sites is 1. The maximum absolute atomic E-state index is 14.1. The predicted molar refractivity (Wildman–Crippen MR) is 110 cm³/mol. The van der Waals surface area contributed by atoms with E-state index in [1.165, 1.54) is 17.4 Å². The van der Waals surface area contributed by atoms with E-state index in [1.807, 2.05) is 50.2 Å². The van der Waals surface area contributed by atoms with Crippen molar-refractivity contribution < 1.29 is 9.18 Å². The summed E-state index contributed by atoms with van der Waals surface area (Å²) < 4.78 is 14.9. The van der Waals surface area contributed by atoms with Gasteiger partial charge in [-0.05, 0) is 50.2 Å². The van der Waals surface area contributed by atoms with E-state index < -0.39 is 5.82 Å². The number of hydrogen-bond acceptors (Lipinski definition) is 4. The number of benzene rings is 2. The highest BCUT2D eigenvalue weighted by Gasteiger charge is 2.23. The van der Waals surface area contributed by atoms with E-state index in [0.717, 1.165) is 16.8 Å². The first-order valence-electron chi connectivity index (χ1n) is 8.86. The van der Waals surface area contributed by atoms with Crippen LogP contribution in [-0.2, 0) is 6.54 Å². The Hall–Kier alpha value is -3.12. The molecule has 0 N–H and O–H groups in total. The van der Waals surface area contributed by atoms with E-state index in [-0.39, 0.29) is 18.0 Å². The molecule has 2 aromatic carbocycles. The third-order valence-electron chi connectivity index (χ3n) is 4.35. The zero-order valence-electron chi connectivity index (χ0n) is 15.5. The van der Waals surface area contributed by atoms with Crippen LogP contribution in [-0.4, -0.2) is 15.9 Å². The van der Waals surface area contributed by atoms with Gasteiger partial charge in [0.25, 0.3) is 5.91 Å². The second-order valence-corrected chi connectivity index (χ2v) is 7.68. The molecule has 0 atom stereocenters. The Labute approximate surface area is 166 Å². The van der Waals surface area contributed by atoms with Crippen LogP contribution in [0.25, 0.3) is 10.2 Å². The molecule has 6 heteroatoms. The standard InChI is InChI=1S/C22H18FN3OS/c1-14-10-15(2)12-16(11-14)21(27)26(13-17-6-3-4-9-24-17)22-25-20-18(23)7-5-8-19(20)28-22/h3-12H,13H2,1-2H3. The zero-order valence-corrected chi connectivity index (χ0v) is 16.3. The number of pyridine rings is 1. The molecule has 0 saturated heterocycles. The van der Waals surface area contributed by atoms with Gasteiger partial charge in [0.05, 0.1) is 16.9 Å². The molecule has 140 valence electrons. The van der Waals surface area contributed by atoms with Gasteiger partial charge in [0, 0.05) is 11.8 Å². The topological polar surface area (TPSA) is 46.1 Å². The fraction of sp³-hybridized carbons (Fsp3) is 0.136. The number of carbonyl (C=O) groups is 1. The second kappa shape index (κ2) is 7.48. The van der Waals surface area contributed by atoms with Gasteiger partial charge >= 0.3 is 0 Å². The summed E-state index contributed by atoms with van der Waals surface area (Å²) in [7, 11) is 0. The summed E-state index contributed by atoms with van der Waals surface area (Å²) in [4.78, 5) is 23.7. The van der Waals surface area contributed by atoms with Crippen LogP contribution < -0.4 is 4.90 Å². The highest BCUT2D eigenvalue weighted by atomic mass is 32.1. The molecule has 4 nitrogen and oxygen atoms in total. The molecular formula is C22H18FN3OS. The van der Waals surface area contributed by atoms with E-state index in [1.54, 1.807) is 23.2 Å². The molecule has 2 aromatic heterocycles. The van der Waals surface area contributed by atoms with E-state index >= 15 is 0 Å². The molecule has 0 unspecified atom stereocenters. The van der Waals surface area contributed by atoms with Crippen LogP contribution in [0.2, 0.25) is 0 Å². The molecule has 0 saturated carbocycles. The average molecular weight is 391 g/mol. The Bertz CT molecular complexity index is 1140. The number of halogens is 1. The number of carbonyl (C=O) groups excluding carboxylic acids is 1. The molecule has 4 aromatic rings. The van der Waals surface area contributed by atoms with Gasteiger partial charge in [-0.25, -0.2) is 9.37 Å². The molecule has 0 bridgehead atoms. The van der Waals surface area contributed by atoms with E-state index in [0.29, 0.717) is 15.4 Å². The lowest BCUT2D eigenvalue weighted by Gasteiger charge is -2.20. The van der Waals surface area contributed by atoms with Crippen LogP contribution >= 0.6 is 11.3 Å². The molecule has 2 heterocycles. The number of nitrogens with zero attached hydrogens (tertiary/aromatic N) is 3. The molecule has 0 spiro atoms. The van der Waals surface area contributed by atoms with Crippen molar-refractivity contribution in [2.24, 2.45) is 0 Å². The average Bonchev–Trinajstić information content (AvgIpc) is 3.11. The number of hydrogen-bond donors (Lipinski definition) is 0. The number of amides is 1. The van der Waals surface area contributed by atoms with Gasteiger partial charge in [-0.3, -0.25) is 14.7 Å². The molecular weight excluding hydrogens is 373 g/mol. The summed E-state index contributed by atoms with van der Waals surface area (Å²) in [6.45, 7) is 4.17. The van der Waals surface area contributed by atoms with Crippen LogP contribution in [0.15, 0.2) is 60.8 Å². The van der Waals surface area contributed by atoms with Crippen molar-refractivity contribution in [3.63, 3.8) is 0 Å². The lowest BCUT2D eigenvalue weighted by atomic mass is 10.1. The Morgan fingerprint density at radius 1 is 1.07 bits per heavy atom. The SMILES string of the molecule is Cc1cc(C)cc(C(=O)N(Cc2ccccn2)c2nc3c(F)cccc3s2)c1. The molecule has 0 fully saturated rings. The molecule has 0 aliphatic rings. The Morgan fingerprint density at radius 2 is 1.86 bits per heavy atom. The lowest BCUT2D eigenvalue weighted by Crippen LogP contribution is -2.30. The molecule has 0 radical (unpaired) electrons. The third-order valence-corrected chi connectivity index (χ3v) is 5.39. The third kappa shape index (κ3) is 3.64. The highest BCUT2D eigenvalue weighted by molar-refractivity contribution is 7.22. The lowest BCUT2D eigenvalue weighted by molar-refractivity contribution is 0.0984. The van der Waals surface area contributed by atoms with Gasteiger partial charge in [0.1, 0.15) is 11.3 Å². The maximum Gasteiger partial charge on any atom is 0.260 e. The van der Waals surface area contributed by atoms with Crippen LogP contribution in [0.4, 0.5) is 9.52 Å². The largest absolute Gasteiger partial charge is 0.278 e. The second-order valence-electron chi connectivity index (χ2n) is 6.67. The summed E-state index contributed by atoms with van der Waals surface area (Å²) >= 11 is 1.30. The smallest absolute Gasteiger partial charge is 0.260 e. The summed E-state index contributed by atoms with van der Waals surface area (Å²) in [5.41, 5.74) is 3.61. The van der Waals surface area contributed by atoms with E-state index in [2.05, 4.69) is 9.97 Å². The highest BCUT2D eigenvalue weighted by Crippen LogP contribution is 2.32. The summed E-state index contributed by atoms with van der Waals surface area (Å²) in [6.07, 6.45) is 1.69. The summed E-state index contributed by atoms with van der Waals surface area (Å²) in [6, 6.07) is 16.1. The van der Waals surface area contributed by atoms with Crippen molar-refractivity contribution in [2.45, 2.75) is 20.4 Å². The fourth-order valence-electron chi connectivity index (χ4n) is 3.15. The number of rotatable bonds is 4. The molecule has 0 aliphatic heterocycles. The minimum atomic E-state index is -0.392. The number of aryl methyl sites for hydroxylation is 2. The zero-order chi connectivity index (χ0) is 19.7. The summed E-state index contributed by atoms with van der Waals surface area (Å²) in [5.74, 6) is -0.575. The molecule has 4 rings (SSSR count). The first-order valence-corrected chi connectivity index (χ1v) is 9.68. The molecule has 28 heavy (non-hydrogen) atoms. The van der Waals surface area contributed by atoms with Crippen molar-refractivity contribution in [3.8, 4) is 0 Å². The normalized spacial score (nSPS) is 11.0. The van der Waals surface area contributed by atoms with Crippen LogP contribution in [0, 0.1) is 19.7 Å². The van der Waals surface area contributed by atoms with Crippen molar-refractivity contribution in [3.05, 3.63) is 89.0 Å². The molecule has 0 aliphatic carbocycles. The van der Waals surface area contributed by atoms with E-state index in [4.69, 9.17) is 0 Å². The van der Waals surface area contributed by atoms with Gasteiger partial charge in [0.2, 0.25) is 0 Å². The molecule has 1 amide bonds. The van der Waals surface area contributed by atoms with Crippen LogP contribution in [0.5, 0.6) is 0 Å². The number of fused-ring (bicyclic) bond motifs is 1. The van der Waals surface area contributed by atoms with Crippen LogP contribution in [0.3, 0.4) is 0 Å². The summed E-state index contributed by atoms with van der Waals surface area (Å²) in [5, 5.41) is 0.454. The van der Waals surface area contributed by atoms with Crippen LogP contribution in [0.1, 0.15) is 27.2 Å². The Morgan fingerprint density at radius 3 is 2.54 bits per heavy atom. The van der Waals surface area contributed by atoms with Crippen molar-refractivity contribution in [1.82, 2.24) is 9.97 Å². The number of thiazole rings is 1. The van der Waals surface area contributed by atoms with Gasteiger partial charge in [-0.1, -0.05) is 40.7 Å². The minimum Gasteiger partial charge on any atom is -0.278 e. The van der Waals surface area contributed by atoms with Crippen molar-refractivity contribution >= 4 is 32.6 Å². The van der Waals surface area contributed by atoms with Gasteiger partial charge < -0.3 is 0 Å². The van der Waals surface area contributed by atoms with Crippen molar-refractivity contribution in [2.75, 3.05) is 4.90 Å². The van der Waals surface area contributed by atoms with Gasteiger partial charge in [-0.15, -0.1) is 0 Å². The first kappa shape index (κ1) is 18.3. The van der Waals surface area contributed by atoms with E-state index in [9.17, 15) is 9.18 Å². The Balaban J connectivity index is 1.80. The minimum absolute atomic E-state index is 0.183. The fourth-order valence-corrected chi connectivity index (χ4v) is 4.13. The predicted octanol–water partition coefficient (Wildman–Crippen LogP) is 5.29. The Kier molecular flexibility index (Phi) is 4.88. The van der Waals surface area contributed by atoms with Gasteiger partial charge in [-0.2, -0.15) is 0 Å². The maximum atomic E-state index is 14.1. The number of anilines is 1. The quantitative estimate of drug-likeness (QED) is 0.475.